The van der Waals surface area contributed by atoms with E-state index in [0.29, 0.717) is 22.5 Å². The summed E-state index contributed by atoms with van der Waals surface area (Å²) in [5.41, 5.74) is 8.82. The van der Waals surface area contributed by atoms with E-state index in [9.17, 15) is 19.3 Å². The molecule has 0 saturated heterocycles. The van der Waals surface area contributed by atoms with Crippen LogP contribution >= 0.6 is 0 Å². The molecular weight excluding hydrogens is 408 g/mol. The first kappa shape index (κ1) is 21.3. The van der Waals surface area contributed by atoms with Gasteiger partial charge in [-0.1, -0.05) is 0 Å². The molecule has 13 nitrogen and oxygen atoms in total. The fourth-order valence-electron chi connectivity index (χ4n) is 2.66. The van der Waals surface area contributed by atoms with Crippen LogP contribution in [0.3, 0.4) is 0 Å². The Hall–Kier alpha value is -4.42. The number of benzene rings is 1. The lowest BCUT2D eigenvalue weighted by atomic mass is 10.2. The number of nitrogens with one attached hydrogen (secondary N) is 3. The van der Waals surface area contributed by atoms with Gasteiger partial charge < -0.3 is 21.0 Å². The number of nitrogen functional groups attached to an aromatic ring is 1. The number of carboxylic acids is 1. The maximum atomic E-state index is 12.2. The number of carbonyl (C=O) groups excluding carboxylic acids is 1. The fraction of sp³-hybridized carbons (Fsp3) is 0.222. The molecule has 0 spiro atoms. The molecule has 3 aromatic rings. The lowest BCUT2D eigenvalue weighted by Crippen LogP contribution is -2.40. The van der Waals surface area contributed by atoms with E-state index in [-0.39, 0.29) is 42.2 Å². The molecule has 3 rings (SSSR count). The van der Waals surface area contributed by atoms with E-state index >= 15 is 0 Å². The quantitative estimate of drug-likeness (QED) is 0.169. The molecule has 2 heterocycles. The summed E-state index contributed by atoms with van der Waals surface area (Å²) in [4.78, 5) is 60.6. The molecule has 0 radical (unpaired) electrons. The summed E-state index contributed by atoms with van der Waals surface area (Å²) in [5, 5.41) is 12.2. The largest absolute Gasteiger partial charge is 0.480 e. The number of nitroso groups, excluding NO2 is 1. The van der Waals surface area contributed by atoms with Crippen molar-refractivity contribution in [3.8, 4) is 0 Å². The Balaban J connectivity index is 1.63. The predicted molar refractivity (Wildman–Crippen MR) is 109 cm³/mol. The molecule has 0 aliphatic rings. The van der Waals surface area contributed by atoms with E-state index < -0.39 is 17.6 Å². The number of hydrazine groups is 1. The highest BCUT2D eigenvalue weighted by molar-refractivity contribution is 5.73. The van der Waals surface area contributed by atoms with Crippen LogP contribution in [0.2, 0.25) is 0 Å². The molecule has 13 heteroatoms. The van der Waals surface area contributed by atoms with Gasteiger partial charge in [-0.2, -0.15) is 4.98 Å². The zero-order valence-corrected chi connectivity index (χ0v) is 16.1. The van der Waals surface area contributed by atoms with E-state index in [1.165, 1.54) is 18.3 Å². The van der Waals surface area contributed by atoms with Crippen molar-refractivity contribution >= 4 is 40.7 Å². The highest BCUT2D eigenvalue weighted by atomic mass is 16.4. The Morgan fingerprint density at radius 1 is 1.29 bits per heavy atom. The van der Waals surface area contributed by atoms with Crippen LogP contribution in [-0.2, 0) is 16.1 Å². The molecule has 0 aliphatic carbocycles. The van der Waals surface area contributed by atoms with Crippen molar-refractivity contribution in [3.05, 3.63) is 51.4 Å². The van der Waals surface area contributed by atoms with Gasteiger partial charge in [0.2, 0.25) is 5.95 Å². The first-order valence-electron chi connectivity index (χ1n) is 9.12. The number of aliphatic carboxylic acids is 1. The number of fused-ring (bicyclic) bond motifs is 1. The van der Waals surface area contributed by atoms with Gasteiger partial charge in [0.15, 0.2) is 22.1 Å². The van der Waals surface area contributed by atoms with Crippen LogP contribution in [0.5, 0.6) is 0 Å². The SMILES string of the molecule is Nc1nc2ncc(CNc3ccc([N+](=O)N[C@H](CCC=O)C(=O)O)cc3)nc2c(=O)[nH]1. The van der Waals surface area contributed by atoms with Crippen molar-refractivity contribution in [1.82, 2.24) is 25.4 Å². The van der Waals surface area contributed by atoms with Crippen LogP contribution in [0.15, 0.2) is 35.3 Å². The zero-order chi connectivity index (χ0) is 22.4. The van der Waals surface area contributed by atoms with Crippen LogP contribution in [-0.4, -0.2) is 48.2 Å². The molecule has 2 aromatic heterocycles. The van der Waals surface area contributed by atoms with E-state index in [0.717, 1.165) is 0 Å². The number of nitrogens with two attached hydrogens (primary N) is 1. The average Bonchev–Trinajstić information content (AvgIpc) is 2.75. The molecule has 6 N–H and O–H groups in total. The molecular formula is C18H19N8O5+. The fourth-order valence-corrected chi connectivity index (χ4v) is 2.66. The first-order chi connectivity index (χ1) is 14.9. The Labute approximate surface area is 174 Å². The second-order valence-corrected chi connectivity index (χ2v) is 6.44. The summed E-state index contributed by atoms with van der Waals surface area (Å²) >= 11 is 0. The summed E-state index contributed by atoms with van der Waals surface area (Å²) in [5.74, 6) is -1.27. The number of hydrogen-bond acceptors (Lipinski definition) is 9. The monoisotopic (exact) mass is 427 g/mol. The van der Waals surface area contributed by atoms with Gasteiger partial charge in [0.25, 0.3) is 11.2 Å². The normalized spacial score (nSPS) is 11.6. The summed E-state index contributed by atoms with van der Waals surface area (Å²) in [6.45, 7) is 0.248. The first-order valence-corrected chi connectivity index (χ1v) is 9.12. The number of hydrogen-bond donors (Lipinski definition) is 5. The molecule has 160 valence electrons. The molecule has 1 atom stereocenters. The summed E-state index contributed by atoms with van der Waals surface area (Å²) in [6, 6.07) is 5.04. The lowest BCUT2D eigenvalue weighted by molar-refractivity contribution is -0.533. The number of H-pyrrole nitrogens is 1. The number of aldehydes is 1. The number of aromatic nitrogens is 4. The highest BCUT2D eigenvalue weighted by Gasteiger charge is 2.25. The minimum atomic E-state index is -1.23. The Morgan fingerprint density at radius 3 is 2.71 bits per heavy atom. The van der Waals surface area contributed by atoms with E-state index in [1.807, 2.05) is 0 Å². The number of carboxylic acid groups (broad SMARTS) is 1. The van der Waals surface area contributed by atoms with Crippen molar-refractivity contribution in [2.45, 2.75) is 25.4 Å². The van der Waals surface area contributed by atoms with Crippen molar-refractivity contribution in [1.29, 1.82) is 0 Å². The van der Waals surface area contributed by atoms with Gasteiger partial charge in [0, 0.05) is 24.2 Å². The van der Waals surface area contributed by atoms with Gasteiger partial charge in [-0.3, -0.25) is 9.78 Å². The topological polar surface area (TPSA) is 196 Å². The van der Waals surface area contributed by atoms with E-state index in [2.05, 4.69) is 30.7 Å². The number of rotatable bonds is 10. The second-order valence-electron chi connectivity index (χ2n) is 6.44. The third-order valence-electron chi connectivity index (χ3n) is 4.21. The third kappa shape index (κ3) is 5.35. The Bertz CT molecular complexity index is 1180. The Kier molecular flexibility index (Phi) is 6.45. The van der Waals surface area contributed by atoms with Crippen LogP contribution in [0.1, 0.15) is 18.5 Å². The van der Waals surface area contributed by atoms with Gasteiger partial charge in [-0.25, -0.2) is 14.8 Å². The number of nitrogens with zero attached hydrogens (tertiary/aromatic N) is 4. The molecule has 1 aromatic carbocycles. The summed E-state index contributed by atoms with van der Waals surface area (Å²) < 4.78 is 0. The lowest BCUT2D eigenvalue weighted by Gasteiger charge is -2.08. The Morgan fingerprint density at radius 2 is 2.03 bits per heavy atom. The predicted octanol–water partition coefficient (Wildman–Crippen LogP) is 0.255. The van der Waals surface area contributed by atoms with Crippen LogP contribution < -0.4 is 22.0 Å². The summed E-state index contributed by atoms with van der Waals surface area (Å²) in [7, 11) is 0. The maximum absolute atomic E-state index is 12.2. The van der Waals surface area contributed by atoms with Crippen LogP contribution in [0, 0.1) is 4.91 Å². The smallest absolute Gasteiger partial charge is 0.332 e. The van der Waals surface area contributed by atoms with E-state index in [1.54, 1.807) is 12.1 Å². The van der Waals surface area contributed by atoms with Crippen LogP contribution in [0.4, 0.5) is 17.3 Å². The minimum Gasteiger partial charge on any atom is -0.480 e. The molecule has 31 heavy (non-hydrogen) atoms. The zero-order valence-electron chi connectivity index (χ0n) is 16.1. The van der Waals surface area contributed by atoms with Crippen molar-refractivity contribution in [3.63, 3.8) is 0 Å². The molecule has 0 bridgehead atoms. The van der Waals surface area contributed by atoms with Gasteiger partial charge in [-0.15, -0.1) is 5.43 Å². The number of carbonyl (C=O) groups is 2. The van der Waals surface area contributed by atoms with Gasteiger partial charge in [-0.05, 0) is 18.6 Å². The van der Waals surface area contributed by atoms with E-state index in [4.69, 9.17) is 10.8 Å². The van der Waals surface area contributed by atoms with Gasteiger partial charge in [0.1, 0.15) is 6.29 Å². The maximum Gasteiger partial charge on any atom is 0.332 e. The highest BCUT2D eigenvalue weighted by Crippen LogP contribution is 2.16. The standard InChI is InChI=1S/C18H18N8O5/c19-18-23-15-14(16(28)24-18)22-11(9-21-15)8-20-10-3-5-12(6-4-10)26(31)25-13(17(29)30)2-1-7-27/h3-7,9,13H,1-2,8H2,(H5-,19,20,21,23,24,25,28,29,30,31)/p+1/t13-/m1/s1. The third-order valence-corrected chi connectivity index (χ3v) is 4.21. The second kappa shape index (κ2) is 9.39. The molecule has 0 amide bonds. The number of aromatic amines is 1. The molecule has 0 fully saturated rings. The molecule has 0 aliphatic heterocycles. The van der Waals surface area contributed by atoms with Gasteiger partial charge >= 0.3 is 5.97 Å². The van der Waals surface area contributed by atoms with Crippen molar-refractivity contribution < 1.29 is 19.6 Å². The summed E-state index contributed by atoms with van der Waals surface area (Å²) in [6.07, 6.45) is 2.07. The molecule has 0 saturated carbocycles. The van der Waals surface area contributed by atoms with Crippen molar-refractivity contribution in [2.24, 2.45) is 0 Å². The van der Waals surface area contributed by atoms with Gasteiger partial charge in [0.05, 0.1) is 23.3 Å². The van der Waals surface area contributed by atoms with Crippen LogP contribution in [0.25, 0.3) is 11.2 Å². The average molecular weight is 427 g/mol. The molecule has 0 unspecified atom stereocenters. The number of anilines is 2. The minimum absolute atomic E-state index is 0.00501. The van der Waals surface area contributed by atoms with Crippen molar-refractivity contribution in [2.75, 3.05) is 11.1 Å².